The highest BCUT2D eigenvalue weighted by molar-refractivity contribution is 6.02. The first-order valence-electron chi connectivity index (χ1n) is 10.3. The van der Waals surface area contributed by atoms with Crippen LogP contribution in [-0.2, 0) is 11.3 Å². The lowest BCUT2D eigenvalue weighted by atomic mass is 9.98. The van der Waals surface area contributed by atoms with Crippen molar-refractivity contribution in [3.05, 3.63) is 83.4 Å². The van der Waals surface area contributed by atoms with Crippen molar-refractivity contribution in [1.29, 1.82) is 5.41 Å². The molecule has 4 aromatic rings. The Morgan fingerprint density at radius 3 is 2.44 bits per heavy atom. The summed E-state index contributed by atoms with van der Waals surface area (Å²) in [6, 6.07) is 21.4. The van der Waals surface area contributed by atoms with Crippen LogP contribution in [0.25, 0.3) is 22.2 Å². The van der Waals surface area contributed by atoms with Crippen molar-refractivity contribution in [3.8, 4) is 17.1 Å². The molecule has 32 heavy (non-hydrogen) atoms. The maximum atomic E-state index is 12.4. The van der Waals surface area contributed by atoms with Gasteiger partial charge in [0.2, 0.25) is 0 Å². The zero-order valence-corrected chi connectivity index (χ0v) is 18.0. The van der Waals surface area contributed by atoms with Crippen molar-refractivity contribution < 1.29 is 14.3 Å². The number of methoxy groups -OCH3 is 1. The van der Waals surface area contributed by atoms with Gasteiger partial charge in [0.15, 0.2) is 0 Å². The summed E-state index contributed by atoms with van der Waals surface area (Å²) in [5.41, 5.74) is 11.1. The lowest BCUT2D eigenvalue weighted by molar-refractivity contribution is 0.0602. The number of amidine groups is 1. The Bertz CT molecular complexity index is 1290. The van der Waals surface area contributed by atoms with E-state index in [9.17, 15) is 4.79 Å². The number of nitrogens with one attached hydrogen (secondary N) is 1. The monoisotopic (exact) mass is 428 g/mol. The summed E-state index contributed by atoms with van der Waals surface area (Å²) >= 11 is 0. The van der Waals surface area contributed by atoms with Gasteiger partial charge in [0.05, 0.1) is 36.9 Å². The largest absolute Gasteiger partial charge is 0.465 e. The molecule has 0 aliphatic rings. The van der Waals surface area contributed by atoms with E-state index in [0.717, 1.165) is 16.7 Å². The van der Waals surface area contributed by atoms with Gasteiger partial charge in [0.25, 0.3) is 6.01 Å². The third-order valence-electron chi connectivity index (χ3n) is 5.23. The molecule has 1 aromatic heterocycles. The number of hydrogen-bond donors (Lipinski definition) is 2. The molecular formula is C25H24N4O3. The van der Waals surface area contributed by atoms with E-state index >= 15 is 0 Å². The fourth-order valence-electron chi connectivity index (χ4n) is 3.77. The Labute approximate surface area is 185 Å². The van der Waals surface area contributed by atoms with Crippen molar-refractivity contribution in [2.45, 2.75) is 13.5 Å². The van der Waals surface area contributed by atoms with Crippen LogP contribution in [0.1, 0.15) is 28.4 Å². The molecule has 0 aliphatic carbocycles. The van der Waals surface area contributed by atoms with E-state index in [1.165, 1.54) is 7.11 Å². The van der Waals surface area contributed by atoms with Crippen molar-refractivity contribution >= 4 is 22.8 Å². The van der Waals surface area contributed by atoms with Gasteiger partial charge in [-0.3, -0.25) is 9.98 Å². The van der Waals surface area contributed by atoms with Crippen molar-refractivity contribution in [2.24, 2.45) is 5.73 Å². The van der Waals surface area contributed by atoms with E-state index in [-0.39, 0.29) is 5.84 Å². The number of rotatable bonds is 7. The number of carbonyl (C=O) groups excluding carboxylic acids is 1. The molecule has 0 saturated heterocycles. The second kappa shape index (κ2) is 8.93. The molecule has 0 spiro atoms. The molecule has 0 fully saturated rings. The van der Waals surface area contributed by atoms with Gasteiger partial charge < -0.3 is 15.2 Å². The third-order valence-corrected chi connectivity index (χ3v) is 5.23. The Morgan fingerprint density at radius 1 is 1.03 bits per heavy atom. The highest BCUT2D eigenvalue weighted by Crippen LogP contribution is 2.28. The molecule has 3 N–H and O–H groups in total. The molecule has 7 nitrogen and oxygen atoms in total. The minimum Gasteiger partial charge on any atom is -0.465 e. The van der Waals surface area contributed by atoms with E-state index in [1.807, 2.05) is 66.1 Å². The van der Waals surface area contributed by atoms with E-state index < -0.39 is 5.97 Å². The lowest BCUT2D eigenvalue weighted by Crippen LogP contribution is -2.12. The highest BCUT2D eigenvalue weighted by Gasteiger charge is 2.19. The van der Waals surface area contributed by atoms with Crippen molar-refractivity contribution in [2.75, 3.05) is 13.7 Å². The molecule has 0 bridgehead atoms. The minimum absolute atomic E-state index is 0.0336. The third kappa shape index (κ3) is 3.92. The van der Waals surface area contributed by atoms with Gasteiger partial charge in [-0.05, 0) is 35.7 Å². The quantitative estimate of drug-likeness (QED) is 0.261. The number of nitrogen functional groups attached to an aromatic ring is 1. The number of nitrogens with two attached hydrogens (primary N) is 1. The standard InChI is InChI=1S/C25H24N4O3/c1-3-32-25-28-21-10-6-9-20(24(30)31-2)22(21)29(25)15-16-11-13-17(14-12-16)18-7-4-5-8-19(18)23(26)27/h4-14H,3,15H2,1-2H3,(H3,26,27). The summed E-state index contributed by atoms with van der Waals surface area (Å²) in [5.74, 6) is -0.387. The number of benzene rings is 3. The van der Waals surface area contributed by atoms with E-state index in [1.54, 1.807) is 12.1 Å². The Hall–Kier alpha value is -4.13. The van der Waals surface area contributed by atoms with Gasteiger partial charge in [-0.25, -0.2) is 4.79 Å². The molecule has 0 aliphatic heterocycles. The topological polar surface area (TPSA) is 103 Å². The van der Waals surface area contributed by atoms with Gasteiger partial charge in [-0.15, -0.1) is 0 Å². The summed E-state index contributed by atoms with van der Waals surface area (Å²) in [6.45, 7) is 2.82. The molecule has 7 heteroatoms. The number of esters is 1. The van der Waals surface area contributed by atoms with Gasteiger partial charge in [0.1, 0.15) is 5.84 Å². The maximum absolute atomic E-state index is 12.4. The van der Waals surface area contributed by atoms with Crippen LogP contribution in [0.3, 0.4) is 0 Å². The first-order chi connectivity index (χ1) is 15.5. The van der Waals surface area contributed by atoms with Gasteiger partial charge in [-0.1, -0.05) is 54.6 Å². The molecule has 3 aromatic carbocycles. The normalized spacial score (nSPS) is 10.8. The van der Waals surface area contributed by atoms with Crippen LogP contribution in [0.4, 0.5) is 0 Å². The fraction of sp³-hybridized carbons (Fsp3) is 0.160. The number of aromatic nitrogens is 2. The Morgan fingerprint density at radius 2 is 1.75 bits per heavy atom. The predicted octanol–water partition coefficient (Wildman–Crippen LogP) is 4.22. The number of para-hydroxylation sites is 1. The number of ether oxygens (including phenoxy) is 2. The molecule has 1 heterocycles. The van der Waals surface area contributed by atoms with Crippen LogP contribution in [0.5, 0.6) is 6.01 Å². The van der Waals surface area contributed by atoms with Crippen LogP contribution >= 0.6 is 0 Å². The van der Waals surface area contributed by atoms with Crippen LogP contribution in [0.15, 0.2) is 66.7 Å². The summed E-state index contributed by atoms with van der Waals surface area (Å²) in [5, 5.41) is 7.82. The molecule has 162 valence electrons. The summed E-state index contributed by atoms with van der Waals surface area (Å²) in [7, 11) is 1.36. The van der Waals surface area contributed by atoms with Crippen LogP contribution in [0, 0.1) is 5.41 Å². The molecule has 0 amide bonds. The van der Waals surface area contributed by atoms with E-state index in [4.69, 9.17) is 20.6 Å². The summed E-state index contributed by atoms with van der Waals surface area (Å²) in [4.78, 5) is 16.9. The number of carbonyl (C=O) groups is 1. The zero-order valence-electron chi connectivity index (χ0n) is 18.0. The number of fused-ring (bicyclic) bond motifs is 1. The van der Waals surface area contributed by atoms with E-state index in [2.05, 4.69) is 4.98 Å². The minimum atomic E-state index is -0.420. The Balaban J connectivity index is 1.74. The van der Waals surface area contributed by atoms with Crippen LogP contribution < -0.4 is 10.5 Å². The first kappa shape index (κ1) is 21.1. The molecule has 4 rings (SSSR count). The van der Waals surface area contributed by atoms with E-state index in [0.29, 0.717) is 41.3 Å². The van der Waals surface area contributed by atoms with Crippen molar-refractivity contribution in [1.82, 2.24) is 9.55 Å². The van der Waals surface area contributed by atoms with Gasteiger partial charge in [0, 0.05) is 5.56 Å². The number of nitrogens with zero attached hydrogens (tertiary/aromatic N) is 2. The second-order valence-electron chi connectivity index (χ2n) is 7.23. The maximum Gasteiger partial charge on any atom is 0.340 e. The molecule has 0 radical (unpaired) electrons. The number of imidazole rings is 1. The lowest BCUT2D eigenvalue weighted by Gasteiger charge is -2.12. The molecule has 0 atom stereocenters. The van der Waals surface area contributed by atoms with Gasteiger partial charge in [-0.2, -0.15) is 4.98 Å². The average molecular weight is 428 g/mol. The van der Waals surface area contributed by atoms with Crippen LogP contribution in [0.2, 0.25) is 0 Å². The molecule has 0 unspecified atom stereocenters. The van der Waals surface area contributed by atoms with Crippen LogP contribution in [-0.4, -0.2) is 35.1 Å². The highest BCUT2D eigenvalue weighted by atomic mass is 16.5. The molecular weight excluding hydrogens is 404 g/mol. The zero-order chi connectivity index (χ0) is 22.7. The summed E-state index contributed by atoms with van der Waals surface area (Å²) < 4.78 is 12.6. The number of hydrogen-bond acceptors (Lipinski definition) is 5. The SMILES string of the molecule is CCOc1nc2cccc(C(=O)OC)c2n1Cc1ccc(-c2ccccc2C(=N)N)cc1. The second-order valence-corrected chi connectivity index (χ2v) is 7.23. The predicted molar refractivity (Wildman–Crippen MR) is 124 cm³/mol. The van der Waals surface area contributed by atoms with Crippen molar-refractivity contribution in [3.63, 3.8) is 0 Å². The first-order valence-corrected chi connectivity index (χ1v) is 10.3. The van der Waals surface area contributed by atoms with Gasteiger partial charge >= 0.3 is 5.97 Å². The average Bonchev–Trinajstić information content (AvgIpc) is 3.16. The Kier molecular flexibility index (Phi) is 5.89. The summed E-state index contributed by atoms with van der Waals surface area (Å²) in [6.07, 6.45) is 0. The molecule has 0 saturated carbocycles. The smallest absolute Gasteiger partial charge is 0.340 e. The fourth-order valence-corrected chi connectivity index (χ4v) is 3.77.